The van der Waals surface area contributed by atoms with Gasteiger partial charge in [-0.25, -0.2) is 4.79 Å². The molecule has 2 atom stereocenters. The van der Waals surface area contributed by atoms with Gasteiger partial charge < -0.3 is 25.0 Å². The average Bonchev–Trinajstić information content (AvgIpc) is 2.95. The van der Waals surface area contributed by atoms with E-state index < -0.39 is 23.8 Å². The molecule has 2 unspecified atom stereocenters. The minimum atomic E-state index is -0.961. The van der Waals surface area contributed by atoms with Crippen LogP contribution >= 0.6 is 0 Å². The molecule has 4 rings (SSSR count). The van der Waals surface area contributed by atoms with Gasteiger partial charge in [0.05, 0.1) is 7.11 Å². The van der Waals surface area contributed by atoms with Crippen molar-refractivity contribution in [2.45, 2.75) is 70.2 Å². The topological polar surface area (TPSA) is 97.0 Å². The van der Waals surface area contributed by atoms with Gasteiger partial charge in [-0.15, -0.1) is 0 Å². The fraction of sp³-hybridized carbons (Fsp3) is 0.343. The zero-order valence-electron chi connectivity index (χ0n) is 25.3. The number of benzene rings is 3. The summed E-state index contributed by atoms with van der Waals surface area (Å²) in [7, 11) is 1.58. The Balaban J connectivity index is 1.75. The van der Waals surface area contributed by atoms with Crippen LogP contribution in [0.25, 0.3) is 6.08 Å². The maximum absolute atomic E-state index is 14.6. The predicted octanol–water partition coefficient (Wildman–Crippen LogP) is 6.54. The van der Waals surface area contributed by atoms with E-state index in [1.165, 1.54) is 0 Å². The number of methoxy groups -OCH3 is 1. The van der Waals surface area contributed by atoms with E-state index in [2.05, 4.69) is 17.2 Å². The van der Waals surface area contributed by atoms with Crippen LogP contribution in [0.3, 0.4) is 0 Å². The number of alkyl carbamates (subject to hydrolysis) is 1. The molecule has 1 aliphatic carbocycles. The largest absolute Gasteiger partial charge is 0.497 e. The van der Waals surface area contributed by atoms with Crippen LogP contribution in [0.15, 0.2) is 85.4 Å². The summed E-state index contributed by atoms with van der Waals surface area (Å²) in [5.41, 5.74) is 2.18. The molecule has 1 fully saturated rings. The fourth-order valence-electron chi connectivity index (χ4n) is 5.04. The van der Waals surface area contributed by atoms with E-state index >= 15 is 0 Å². The molecule has 43 heavy (non-hydrogen) atoms. The Labute approximate surface area is 254 Å². The molecule has 0 saturated heterocycles. The van der Waals surface area contributed by atoms with E-state index in [1.54, 1.807) is 63.1 Å². The lowest BCUT2D eigenvalue weighted by Crippen LogP contribution is -2.57. The van der Waals surface area contributed by atoms with Gasteiger partial charge in [0.1, 0.15) is 23.4 Å². The number of carbonyl (C=O) groups is 3. The Morgan fingerprint density at radius 3 is 2.28 bits per heavy atom. The molecule has 0 spiro atoms. The summed E-state index contributed by atoms with van der Waals surface area (Å²) >= 11 is 0. The van der Waals surface area contributed by atoms with Gasteiger partial charge in [0.25, 0.3) is 5.91 Å². The molecule has 0 aliphatic heterocycles. The van der Waals surface area contributed by atoms with Gasteiger partial charge in [0, 0.05) is 18.2 Å². The van der Waals surface area contributed by atoms with Crippen LogP contribution in [0.2, 0.25) is 0 Å². The van der Waals surface area contributed by atoms with Gasteiger partial charge >= 0.3 is 6.09 Å². The highest BCUT2D eigenvalue weighted by molar-refractivity contribution is 5.99. The summed E-state index contributed by atoms with van der Waals surface area (Å²) < 4.78 is 10.8. The monoisotopic (exact) mass is 583 g/mol. The third-order valence-corrected chi connectivity index (χ3v) is 7.34. The zero-order valence-corrected chi connectivity index (χ0v) is 25.3. The maximum Gasteiger partial charge on any atom is 0.408 e. The summed E-state index contributed by atoms with van der Waals surface area (Å²) in [6.07, 6.45) is 3.70. The van der Waals surface area contributed by atoms with Crippen LogP contribution < -0.4 is 15.4 Å². The zero-order chi connectivity index (χ0) is 31.0. The summed E-state index contributed by atoms with van der Waals surface area (Å²) in [4.78, 5) is 43.5. The number of amides is 3. The highest BCUT2D eigenvalue weighted by Crippen LogP contribution is 2.35. The molecular formula is C35H41N3O5. The first-order valence-corrected chi connectivity index (χ1v) is 14.6. The van der Waals surface area contributed by atoms with Gasteiger partial charge in [-0.2, -0.15) is 0 Å². The van der Waals surface area contributed by atoms with Crippen molar-refractivity contribution in [3.8, 4) is 5.75 Å². The first-order chi connectivity index (χ1) is 20.6. The number of carbonyl (C=O) groups excluding carboxylic acids is 3. The molecule has 3 aromatic carbocycles. The number of anilines is 1. The molecule has 2 N–H and O–H groups in total. The number of hydrogen-bond acceptors (Lipinski definition) is 5. The number of nitrogens with zero attached hydrogens (tertiary/aromatic N) is 1. The van der Waals surface area contributed by atoms with Crippen molar-refractivity contribution in [2.75, 3.05) is 12.4 Å². The van der Waals surface area contributed by atoms with Crippen molar-refractivity contribution < 1.29 is 23.9 Å². The summed E-state index contributed by atoms with van der Waals surface area (Å²) in [6, 6.07) is 21.9. The van der Waals surface area contributed by atoms with E-state index in [0.29, 0.717) is 17.0 Å². The first kappa shape index (κ1) is 31.3. The Morgan fingerprint density at radius 2 is 1.70 bits per heavy atom. The lowest BCUT2D eigenvalue weighted by atomic mass is 9.87. The summed E-state index contributed by atoms with van der Waals surface area (Å²) in [5, 5.41) is 5.82. The van der Waals surface area contributed by atoms with E-state index in [1.807, 2.05) is 54.6 Å². The van der Waals surface area contributed by atoms with Crippen molar-refractivity contribution in [3.05, 3.63) is 102 Å². The third-order valence-electron chi connectivity index (χ3n) is 7.34. The van der Waals surface area contributed by atoms with Gasteiger partial charge in [-0.05, 0) is 87.1 Å². The highest BCUT2D eigenvalue weighted by atomic mass is 16.6. The Hall–Kier alpha value is -4.59. The van der Waals surface area contributed by atoms with Crippen LogP contribution in [0.4, 0.5) is 10.5 Å². The molecule has 3 amide bonds. The fourth-order valence-corrected chi connectivity index (χ4v) is 5.04. The van der Waals surface area contributed by atoms with Crippen molar-refractivity contribution in [3.63, 3.8) is 0 Å². The average molecular weight is 584 g/mol. The molecular weight excluding hydrogens is 542 g/mol. The smallest absolute Gasteiger partial charge is 0.408 e. The second-order valence-corrected chi connectivity index (χ2v) is 11.7. The van der Waals surface area contributed by atoms with Gasteiger partial charge in [0.2, 0.25) is 5.91 Å². The van der Waals surface area contributed by atoms with Crippen LogP contribution in [-0.2, 0) is 20.7 Å². The minimum Gasteiger partial charge on any atom is -0.497 e. The maximum atomic E-state index is 14.6. The van der Waals surface area contributed by atoms with Crippen LogP contribution in [-0.4, -0.2) is 47.6 Å². The van der Waals surface area contributed by atoms with E-state index in [-0.39, 0.29) is 24.3 Å². The second kappa shape index (κ2) is 14.1. The van der Waals surface area contributed by atoms with Crippen molar-refractivity contribution in [1.29, 1.82) is 0 Å². The number of nitrogens with one attached hydrogen (secondary N) is 2. The molecule has 0 heterocycles. The SMILES string of the molecule is C=Cc1cccc(C(C(=O)Nc2ccc(OC)cc2)N(C(=O)C(Cc2ccccc2)NC(=O)OC(C)(C)C)C2CCC2)c1. The molecule has 0 aromatic heterocycles. The number of hydrogen-bond donors (Lipinski definition) is 2. The van der Waals surface area contributed by atoms with Crippen molar-refractivity contribution >= 4 is 29.7 Å². The summed E-state index contributed by atoms with van der Waals surface area (Å²) in [6.45, 7) is 9.20. The van der Waals surface area contributed by atoms with E-state index in [4.69, 9.17) is 9.47 Å². The molecule has 8 heteroatoms. The van der Waals surface area contributed by atoms with Crippen molar-refractivity contribution in [1.82, 2.24) is 10.2 Å². The van der Waals surface area contributed by atoms with Gasteiger partial charge in [0.15, 0.2) is 0 Å². The minimum absolute atomic E-state index is 0.176. The molecule has 226 valence electrons. The molecule has 1 saturated carbocycles. The van der Waals surface area contributed by atoms with Crippen LogP contribution in [0, 0.1) is 0 Å². The second-order valence-electron chi connectivity index (χ2n) is 11.7. The van der Waals surface area contributed by atoms with E-state index in [0.717, 1.165) is 30.4 Å². The lowest BCUT2D eigenvalue weighted by molar-refractivity contribution is -0.145. The Morgan fingerprint density at radius 1 is 1.00 bits per heavy atom. The molecule has 1 aliphatic rings. The van der Waals surface area contributed by atoms with Crippen molar-refractivity contribution in [2.24, 2.45) is 0 Å². The van der Waals surface area contributed by atoms with Crippen LogP contribution in [0.1, 0.15) is 62.8 Å². The quantitative estimate of drug-likeness (QED) is 0.267. The van der Waals surface area contributed by atoms with Gasteiger partial charge in [-0.1, -0.05) is 61.2 Å². The van der Waals surface area contributed by atoms with Crippen LogP contribution in [0.5, 0.6) is 5.75 Å². The first-order valence-electron chi connectivity index (χ1n) is 14.6. The Bertz CT molecular complexity index is 1410. The molecule has 0 bridgehead atoms. The third kappa shape index (κ3) is 8.47. The lowest BCUT2D eigenvalue weighted by Gasteiger charge is -2.43. The molecule has 0 radical (unpaired) electrons. The molecule has 8 nitrogen and oxygen atoms in total. The number of ether oxygens (including phenoxy) is 2. The summed E-state index contributed by atoms with van der Waals surface area (Å²) in [5.74, 6) is -0.0443. The highest BCUT2D eigenvalue weighted by Gasteiger charge is 2.42. The molecule has 3 aromatic rings. The predicted molar refractivity (Wildman–Crippen MR) is 169 cm³/mol. The van der Waals surface area contributed by atoms with E-state index in [9.17, 15) is 14.4 Å². The number of rotatable bonds is 11. The van der Waals surface area contributed by atoms with Gasteiger partial charge in [-0.3, -0.25) is 9.59 Å². The Kier molecular flexibility index (Phi) is 10.2. The normalized spacial score (nSPS) is 14.4. The standard InChI is InChI=1S/C35H41N3O5/c1-6-24-14-10-15-26(22-24)31(32(39)36-27-18-20-29(42-5)21-19-27)38(28-16-11-17-28)33(40)30(23-25-12-8-7-9-13-25)37-34(41)43-35(2,3)4/h6-10,12-15,18-22,28,30-31H,1,11,16-17,23H2,2-5H3,(H,36,39)(H,37,41).